The first-order valence-electron chi connectivity index (χ1n) is 3.10. The van der Waals surface area contributed by atoms with Crippen LogP contribution in [0.3, 0.4) is 0 Å². The third-order valence-corrected chi connectivity index (χ3v) is 1.30. The number of nitrogens with zero attached hydrogens (tertiary/aromatic N) is 1. The van der Waals surface area contributed by atoms with E-state index in [2.05, 4.69) is 16.3 Å². The van der Waals surface area contributed by atoms with E-state index in [1.165, 1.54) is 25.4 Å². The summed E-state index contributed by atoms with van der Waals surface area (Å²) in [7, 11) is 1.37. The fourth-order valence-corrected chi connectivity index (χ4v) is 0.739. The number of rotatable bonds is 2. The standard InChI is InChI=1S/C8H8FNO/c1-3-6-4-5-10-8(11-2)7(6)9/h3-5H,1H2,2H3. The molecule has 2 nitrogen and oxygen atoms in total. The number of hydrogen-bond acceptors (Lipinski definition) is 2. The Labute approximate surface area is 64.3 Å². The van der Waals surface area contributed by atoms with Crippen molar-refractivity contribution in [1.82, 2.24) is 4.98 Å². The summed E-state index contributed by atoms with van der Waals surface area (Å²) in [6, 6.07) is 1.53. The van der Waals surface area contributed by atoms with Crippen molar-refractivity contribution in [3.05, 3.63) is 30.2 Å². The molecular weight excluding hydrogens is 145 g/mol. The maximum absolute atomic E-state index is 13.0. The van der Waals surface area contributed by atoms with Crippen LogP contribution in [-0.4, -0.2) is 12.1 Å². The molecule has 58 valence electrons. The molecule has 0 atom stereocenters. The highest BCUT2D eigenvalue weighted by Crippen LogP contribution is 2.16. The van der Waals surface area contributed by atoms with Crippen LogP contribution >= 0.6 is 0 Å². The summed E-state index contributed by atoms with van der Waals surface area (Å²) in [6.45, 7) is 3.44. The highest BCUT2D eigenvalue weighted by molar-refractivity contribution is 5.48. The monoisotopic (exact) mass is 153 g/mol. The Kier molecular flexibility index (Phi) is 2.21. The van der Waals surface area contributed by atoms with Crippen LogP contribution in [0.15, 0.2) is 18.8 Å². The number of aromatic nitrogens is 1. The second kappa shape index (κ2) is 3.14. The molecule has 0 amide bonds. The predicted octanol–water partition coefficient (Wildman–Crippen LogP) is 1.87. The van der Waals surface area contributed by atoms with Crippen molar-refractivity contribution >= 4 is 6.08 Å². The van der Waals surface area contributed by atoms with E-state index in [-0.39, 0.29) is 5.88 Å². The van der Waals surface area contributed by atoms with E-state index >= 15 is 0 Å². The second-order valence-electron chi connectivity index (χ2n) is 1.93. The molecule has 0 saturated heterocycles. The molecule has 0 fully saturated rings. The van der Waals surface area contributed by atoms with Gasteiger partial charge in [0.2, 0.25) is 0 Å². The number of methoxy groups -OCH3 is 1. The third kappa shape index (κ3) is 1.37. The minimum Gasteiger partial charge on any atom is -0.479 e. The van der Waals surface area contributed by atoms with Crippen molar-refractivity contribution in [3.8, 4) is 5.88 Å². The zero-order valence-electron chi connectivity index (χ0n) is 6.17. The SMILES string of the molecule is C=Cc1ccnc(OC)c1F. The molecule has 11 heavy (non-hydrogen) atoms. The van der Waals surface area contributed by atoms with Crippen molar-refractivity contribution in [3.63, 3.8) is 0 Å². The van der Waals surface area contributed by atoms with Crippen LogP contribution in [0.4, 0.5) is 4.39 Å². The molecule has 0 aliphatic rings. The van der Waals surface area contributed by atoms with Crippen LogP contribution in [0, 0.1) is 5.82 Å². The number of ether oxygens (including phenoxy) is 1. The molecule has 1 aromatic heterocycles. The van der Waals surface area contributed by atoms with Gasteiger partial charge in [0, 0.05) is 11.8 Å². The van der Waals surface area contributed by atoms with Gasteiger partial charge in [0.1, 0.15) is 0 Å². The normalized spacial score (nSPS) is 9.27. The zero-order valence-corrected chi connectivity index (χ0v) is 6.17. The Morgan fingerprint density at radius 3 is 3.00 bits per heavy atom. The van der Waals surface area contributed by atoms with Gasteiger partial charge < -0.3 is 4.74 Å². The van der Waals surface area contributed by atoms with Crippen molar-refractivity contribution in [2.45, 2.75) is 0 Å². The first-order valence-corrected chi connectivity index (χ1v) is 3.10. The Balaban J connectivity index is 3.20. The van der Waals surface area contributed by atoms with Gasteiger partial charge in [0.15, 0.2) is 5.82 Å². The molecular formula is C8H8FNO. The quantitative estimate of drug-likeness (QED) is 0.647. The van der Waals surface area contributed by atoms with E-state index < -0.39 is 5.82 Å². The highest BCUT2D eigenvalue weighted by atomic mass is 19.1. The molecule has 0 unspecified atom stereocenters. The minimum atomic E-state index is -0.468. The predicted molar refractivity (Wildman–Crippen MR) is 40.8 cm³/mol. The van der Waals surface area contributed by atoms with Crippen LogP contribution < -0.4 is 4.74 Å². The highest BCUT2D eigenvalue weighted by Gasteiger charge is 2.05. The Morgan fingerprint density at radius 1 is 1.73 bits per heavy atom. The Morgan fingerprint density at radius 2 is 2.45 bits per heavy atom. The van der Waals surface area contributed by atoms with Crippen LogP contribution in [0.1, 0.15) is 5.56 Å². The largest absolute Gasteiger partial charge is 0.479 e. The molecule has 0 spiro atoms. The van der Waals surface area contributed by atoms with Crippen molar-refractivity contribution in [1.29, 1.82) is 0 Å². The minimum absolute atomic E-state index is 0.00222. The molecule has 0 aliphatic heterocycles. The van der Waals surface area contributed by atoms with Gasteiger partial charge >= 0.3 is 0 Å². The lowest BCUT2D eigenvalue weighted by atomic mass is 10.2. The van der Waals surface area contributed by atoms with E-state index in [1.807, 2.05) is 0 Å². The fraction of sp³-hybridized carbons (Fsp3) is 0.125. The van der Waals surface area contributed by atoms with E-state index in [4.69, 9.17) is 0 Å². The van der Waals surface area contributed by atoms with E-state index in [9.17, 15) is 4.39 Å². The van der Waals surface area contributed by atoms with Crippen LogP contribution in [-0.2, 0) is 0 Å². The fourth-order valence-electron chi connectivity index (χ4n) is 0.739. The Bertz CT molecular complexity index is 273. The molecule has 0 aromatic carbocycles. The summed E-state index contributed by atoms with van der Waals surface area (Å²) >= 11 is 0. The van der Waals surface area contributed by atoms with Crippen LogP contribution in [0.2, 0.25) is 0 Å². The van der Waals surface area contributed by atoms with Gasteiger partial charge in [0.25, 0.3) is 5.88 Å². The summed E-state index contributed by atoms with van der Waals surface area (Å²) in [5, 5.41) is 0. The van der Waals surface area contributed by atoms with Gasteiger partial charge in [-0.3, -0.25) is 0 Å². The molecule has 1 rings (SSSR count). The maximum Gasteiger partial charge on any atom is 0.250 e. The smallest absolute Gasteiger partial charge is 0.250 e. The molecule has 1 heterocycles. The summed E-state index contributed by atoms with van der Waals surface area (Å²) in [5.74, 6) is -0.465. The van der Waals surface area contributed by atoms with Crippen LogP contribution in [0.25, 0.3) is 6.08 Å². The molecule has 3 heteroatoms. The zero-order chi connectivity index (χ0) is 8.27. The van der Waals surface area contributed by atoms with Gasteiger partial charge in [-0.25, -0.2) is 9.37 Å². The van der Waals surface area contributed by atoms with E-state index in [0.717, 1.165) is 0 Å². The summed E-state index contributed by atoms with van der Waals surface area (Å²) in [4.78, 5) is 3.66. The lowest BCUT2D eigenvalue weighted by Crippen LogP contribution is -1.93. The van der Waals surface area contributed by atoms with E-state index in [0.29, 0.717) is 5.56 Å². The van der Waals surface area contributed by atoms with E-state index in [1.54, 1.807) is 0 Å². The maximum atomic E-state index is 13.0. The molecule has 0 aliphatic carbocycles. The molecule has 1 aromatic rings. The van der Waals surface area contributed by atoms with Gasteiger partial charge in [-0.15, -0.1) is 0 Å². The lowest BCUT2D eigenvalue weighted by molar-refractivity contribution is 0.368. The van der Waals surface area contributed by atoms with Gasteiger partial charge in [-0.1, -0.05) is 12.7 Å². The molecule has 0 bridgehead atoms. The van der Waals surface area contributed by atoms with Gasteiger partial charge in [-0.05, 0) is 6.07 Å². The van der Waals surface area contributed by atoms with Crippen LogP contribution in [0.5, 0.6) is 5.88 Å². The summed E-state index contributed by atoms with van der Waals surface area (Å²) in [5.41, 5.74) is 0.400. The molecule has 0 saturated carbocycles. The summed E-state index contributed by atoms with van der Waals surface area (Å²) in [6.07, 6.45) is 2.89. The second-order valence-corrected chi connectivity index (χ2v) is 1.93. The number of halogens is 1. The Hall–Kier alpha value is -1.38. The summed E-state index contributed by atoms with van der Waals surface area (Å²) < 4.78 is 17.7. The number of pyridine rings is 1. The lowest BCUT2D eigenvalue weighted by Gasteiger charge is -2.00. The first-order chi connectivity index (χ1) is 5.29. The number of hydrogen-bond donors (Lipinski definition) is 0. The van der Waals surface area contributed by atoms with Gasteiger partial charge in [0.05, 0.1) is 7.11 Å². The topological polar surface area (TPSA) is 22.1 Å². The average molecular weight is 153 g/mol. The molecule has 0 N–H and O–H groups in total. The van der Waals surface area contributed by atoms with Crippen molar-refractivity contribution < 1.29 is 9.13 Å². The van der Waals surface area contributed by atoms with Gasteiger partial charge in [-0.2, -0.15) is 0 Å². The average Bonchev–Trinajstić information content (AvgIpc) is 2.05. The third-order valence-electron chi connectivity index (χ3n) is 1.30. The molecule has 0 radical (unpaired) electrons. The van der Waals surface area contributed by atoms with Crippen molar-refractivity contribution in [2.75, 3.05) is 7.11 Å². The van der Waals surface area contributed by atoms with Crippen molar-refractivity contribution in [2.24, 2.45) is 0 Å². The first kappa shape index (κ1) is 7.72.